The Kier molecular flexibility index (Phi) is 3.30. The van der Waals surface area contributed by atoms with Crippen molar-refractivity contribution in [3.05, 3.63) is 18.6 Å². The van der Waals surface area contributed by atoms with Crippen LogP contribution in [0, 0.1) is 0 Å². The summed E-state index contributed by atoms with van der Waals surface area (Å²) in [6.45, 7) is 4.50. The van der Waals surface area contributed by atoms with Crippen molar-refractivity contribution in [1.82, 2.24) is 19.4 Å². The lowest BCUT2D eigenvalue weighted by atomic mass is 10.2. The van der Waals surface area contributed by atoms with Gasteiger partial charge in [-0.2, -0.15) is 0 Å². The summed E-state index contributed by atoms with van der Waals surface area (Å²) in [5.74, 6) is 1.10. The summed E-state index contributed by atoms with van der Waals surface area (Å²) < 4.78 is 2.06. The highest BCUT2D eigenvalue weighted by Crippen LogP contribution is 2.27. The van der Waals surface area contributed by atoms with Gasteiger partial charge in [0.2, 0.25) is 0 Å². The molecule has 1 saturated heterocycles. The van der Waals surface area contributed by atoms with Crippen molar-refractivity contribution < 1.29 is 0 Å². The number of fused-ring (bicyclic) bond motifs is 1. The van der Waals surface area contributed by atoms with Crippen LogP contribution in [0.2, 0.25) is 0 Å². The van der Waals surface area contributed by atoms with E-state index < -0.39 is 0 Å². The topological polar surface area (TPSA) is 37.2 Å². The van der Waals surface area contributed by atoms with E-state index >= 15 is 0 Å². The number of nitrogens with zero attached hydrogens (tertiary/aromatic N) is 5. The minimum absolute atomic E-state index is 0.842. The summed E-state index contributed by atoms with van der Waals surface area (Å²) in [6.07, 6.45) is 9.40. The second kappa shape index (κ2) is 5.30. The van der Waals surface area contributed by atoms with Gasteiger partial charge in [0, 0.05) is 45.5 Å². The van der Waals surface area contributed by atoms with Gasteiger partial charge < -0.3 is 9.47 Å². The first-order chi connectivity index (χ1) is 10.3. The van der Waals surface area contributed by atoms with Gasteiger partial charge in [-0.05, 0) is 18.9 Å². The maximum absolute atomic E-state index is 4.55. The van der Waals surface area contributed by atoms with Gasteiger partial charge in [-0.15, -0.1) is 0 Å². The van der Waals surface area contributed by atoms with Gasteiger partial charge >= 0.3 is 0 Å². The Bertz CT molecular complexity index is 621. The van der Waals surface area contributed by atoms with Crippen molar-refractivity contribution in [2.24, 2.45) is 7.05 Å². The second-order valence-electron chi connectivity index (χ2n) is 6.32. The molecule has 5 heteroatoms. The number of rotatable bonds is 2. The molecule has 0 amide bonds. The molecule has 3 heterocycles. The zero-order valence-electron chi connectivity index (χ0n) is 12.7. The van der Waals surface area contributed by atoms with E-state index in [-0.39, 0.29) is 0 Å². The van der Waals surface area contributed by atoms with Crippen LogP contribution in [0.25, 0.3) is 11.0 Å². The molecule has 0 atom stereocenters. The van der Waals surface area contributed by atoms with Gasteiger partial charge in [0.15, 0.2) is 0 Å². The zero-order valence-corrected chi connectivity index (χ0v) is 12.7. The number of aryl methyl sites for hydroxylation is 1. The van der Waals surface area contributed by atoms with Gasteiger partial charge in [-0.3, -0.25) is 4.90 Å². The third-order valence-corrected chi connectivity index (χ3v) is 5.10. The lowest BCUT2D eigenvalue weighted by molar-refractivity contribution is 0.187. The normalized spacial score (nSPS) is 21.5. The average Bonchev–Trinajstić information content (AvgIpc) is 3.18. The molecule has 1 aliphatic carbocycles. The van der Waals surface area contributed by atoms with Crippen LogP contribution in [0.3, 0.4) is 0 Å². The fourth-order valence-electron chi connectivity index (χ4n) is 3.88. The first-order valence-electron chi connectivity index (χ1n) is 8.08. The molecule has 21 heavy (non-hydrogen) atoms. The van der Waals surface area contributed by atoms with Gasteiger partial charge in [-0.25, -0.2) is 9.97 Å². The smallest absolute Gasteiger partial charge is 0.145 e. The van der Waals surface area contributed by atoms with Crippen LogP contribution in [0.15, 0.2) is 18.6 Å². The summed E-state index contributed by atoms with van der Waals surface area (Å²) in [6, 6.07) is 2.97. The minimum atomic E-state index is 0.842. The number of anilines is 1. The Morgan fingerprint density at radius 2 is 1.81 bits per heavy atom. The SMILES string of the molecule is Cn1ccc2c(N3CCN(C4CCCC4)CC3)ncnc21. The molecule has 0 aromatic carbocycles. The van der Waals surface area contributed by atoms with Crippen LogP contribution in [0.1, 0.15) is 25.7 Å². The lowest BCUT2D eigenvalue weighted by Crippen LogP contribution is -2.50. The van der Waals surface area contributed by atoms with E-state index in [0.29, 0.717) is 0 Å². The van der Waals surface area contributed by atoms with E-state index in [1.54, 1.807) is 6.33 Å². The Morgan fingerprint density at radius 3 is 2.57 bits per heavy atom. The summed E-state index contributed by atoms with van der Waals surface area (Å²) >= 11 is 0. The van der Waals surface area contributed by atoms with E-state index in [2.05, 4.69) is 36.6 Å². The van der Waals surface area contributed by atoms with Crippen molar-refractivity contribution in [3.63, 3.8) is 0 Å². The standard InChI is InChI=1S/C16H23N5/c1-19-7-6-14-15(19)17-12-18-16(14)21-10-8-20(9-11-21)13-4-2-3-5-13/h6-7,12-13H,2-5,8-11H2,1H3. The minimum Gasteiger partial charge on any atom is -0.353 e. The predicted octanol–water partition coefficient (Wildman–Crippen LogP) is 2.03. The molecule has 0 N–H and O–H groups in total. The molecule has 0 bridgehead atoms. The Morgan fingerprint density at radius 1 is 1.05 bits per heavy atom. The molecule has 1 aliphatic heterocycles. The van der Waals surface area contributed by atoms with E-state index in [1.807, 2.05) is 7.05 Å². The molecule has 0 unspecified atom stereocenters. The summed E-state index contributed by atoms with van der Waals surface area (Å²) in [5.41, 5.74) is 1.03. The van der Waals surface area contributed by atoms with E-state index in [1.165, 1.54) is 44.2 Å². The largest absolute Gasteiger partial charge is 0.353 e. The predicted molar refractivity (Wildman–Crippen MR) is 84.6 cm³/mol. The lowest BCUT2D eigenvalue weighted by Gasteiger charge is -2.38. The van der Waals surface area contributed by atoms with Crippen molar-refractivity contribution in [2.75, 3.05) is 31.1 Å². The Balaban J connectivity index is 1.52. The van der Waals surface area contributed by atoms with Crippen LogP contribution < -0.4 is 4.90 Å². The molecule has 2 aliphatic rings. The molecule has 2 fully saturated rings. The van der Waals surface area contributed by atoms with E-state index in [4.69, 9.17) is 0 Å². The molecule has 0 radical (unpaired) electrons. The number of hydrogen-bond acceptors (Lipinski definition) is 4. The molecule has 1 saturated carbocycles. The first kappa shape index (κ1) is 13.1. The van der Waals surface area contributed by atoms with Crippen LogP contribution >= 0.6 is 0 Å². The summed E-state index contributed by atoms with van der Waals surface area (Å²) in [7, 11) is 2.04. The fourth-order valence-corrected chi connectivity index (χ4v) is 3.88. The molecular weight excluding hydrogens is 262 g/mol. The summed E-state index contributed by atoms with van der Waals surface area (Å²) in [5, 5.41) is 1.18. The van der Waals surface area contributed by atoms with Crippen molar-refractivity contribution in [1.29, 1.82) is 0 Å². The average molecular weight is 285 g/mol. The molecule has 4 rings (SSSR count). The fraction of sp³-hybridized carbons (Fsp3) is 0.625. The molecule has 5 nitrogen and oxygen atoms in total. The van der Waals surface area contributed by atoms with E-state index in [9.17, 15) is 0 Å². The maximum Gasteiger partial charge on any atom is 0.145 e. The Hall–Kier alpha value is -1.62. The van der Waals surface area contributed by atoms with Crippen molar-refractivity contribution in [3.8, 4) is 0 Å². The third-order valence-electron chi connectivity index (χ3n) is 5.10. The zero-order chi connectivity index (χ0) is 14.2. The monoisotopic (exact) mass is 285 g/mol. The summed E-state index contributed by atoms with van der Waals surface area (Å²) in [4.78, 5) is 14.1. The highest BCUT2D eigenvalue weighted by Gasteiger charge is 2.27. The van der Waals surface area contributed by atoms with Crippen molar-refractivity contribution in [2.45, 2.75) is 31.7 Å². The Labute approximate surface area is 125 Å². The highest BCUT2D eigenvalue weighted by molar-refractivity contribution is 5.87. The quantitative estimate of drug-likeness (QED) is 0.846. The molecule has 112 valence electrons. The van der Waals surface area contributed by atoms with Crippen LogP contribution in [-0.2, 0) is 7.05 Å². The number of hydrogen-bond donors (Lipinski definition) is 0. The first-order valence-corrected chi connectivity index (χ1v) is 8.08. The molecule has 2 aromatic rings. The van der Waals surface area contributed by atoms with Gasteiger partial charge in [-0.1, -0.05) is 12.8 Å². The second-order valence-corrected chi connectivity index (χ2v) is 6.32. The highest BCUT2D eigenvalue weighted by atomic mass is 15.3. The molecule has 0 spiro atoms. The number of aromatic nitrogens is 3. The van der Waals surface area contributed by atoms with Gasteiger partial charge in [0.05, 0.1) is 5.39 Å². The maximum atomic E-state index is 4.55. The van der Waals surface area contributed by atoms with Gasteiger partial charge in [0.1, 0.15) is 17.8 Å². The van der Waals surface area contributed by atoms with Crippen LogP contribution in [-0.4, -0.2) is 51.7 Å². The molecule has 2 aromatic heterocycles. The number of piperazine rings is 1. The van der Waals surface area contributed by atoms with Crippen molar-refractivity contribution >= 4 is 16.9 Å². The van der Waals surface area contributed by atoms with Gasteiger partial charge in [0.25, 0.3) is 0 Å². The molecular formula is C16H23N5. The van der Waals surface area contributed by atoms with E-state index in [0.717, 1.165) is 30.6 Å². The third kappa shape index (κ3) is 2.29. The van der Waals surface area contributed by atoms with Crippen LogP contribution in [0.4, 0.5) is 5.82 Å². The van der Waals surface area contributed by atoms with Crippen LogP contribution in [0.5, 0.6) is 0 Å².